The molecule has 0 aliphatic carbocycles. The van der Waals surface area contributed by atoms with Gasteiger partial charge >= 0.3 is 5.97 Å². The van der Waals surface area contributed by atoms with Crippen LogP contribution in [-0.4, -0.2) is 24.8 Å². The number of carbonyl (C=O) groups excluding carboxylic acids is 2. The maximum atomic E-state index is 12.1. The third kappa shape index (κ3) is 4.76. The first kappa shape index (κ1) is 18.3. The summed E-state index contributed by atoms with van der Waals surface area (Å²) in [4.78, 5) is 24.1. The molecule has 1 heterocycles. The Balaban J connectivity index is 1.46. The lowest BCUT2D eigenvalue weighted by Crippen LogP contribution is -2.35. The van der Waals surface area contributed by atoms with Crippen LogP contribution in [0.3, 0.4) is 0 Å². The van der Waals surface area contributed by atoms with Crippen molar-refractivity contribution in [3.05, 3.63) is 58.1 Å². The van der Waals surface area contributed by atoms with Crippen LogP contribution in [0.5, 0.6) is 11.5 Å². The maximum absolute atomic E-state index is 12.1. The molecule has 0 saturated heterocycles. The zero-order valence-electron chi connectivity index (χ0n) is 14.2. The number of fused-ring (bicyclic) bond motifs is 1. The van der Waals surface area contributed by atoms with Gasteiger partial charge in [0.15, 0.2) is 17.6 Å². The van der Waals surface area contributed by atoms with Crippen molar-refractivity contribution in [2.45, 2.75) is 26.0 Å². The van der Waals surface area contributed by atoms with E-state index in [2.05, 4.69) is 21.2 Å². The van der Waals surface area contributed by atoms with Gasteiger partial charge in [0.25, 0.3) is 5.91 Å². The summed E-state index contributed by atoms with van der Waals surface area (Å²) < 4.78 is 16.7. The third-order valence-electron chi connectivity index (χ3n) is 3.84. The summed E-state index contributed by atoms with van der Waals surface area (Å²) in [5, 5.41) is 2.75. The Labute approximate surface area is 159 Å². The summed E-state index contributed by atoms with van der Waals surface area (Å²) in [6, 6.07) is 12.8. The van der Waals surface area contributed by atoms with Crippen LogP contribution in [0, 0.1) is 0 Å². The van der Waals surface area contributed by atoms with Gasteiger partial charge in [0.2, 0.25) is 6.79 Å². The molecule has 1 amide bonds. The van der Waals surface area contributed by atoms with Gasteiger partial charge < -0.3 is 19.5 Å². The van der Waals surface area contributed by atoms with Crippen molar-refractivity contribution in [1.29, 1.82) is 0 Å². The highest BCUT2D eigenvalue weighted by Gasteiger charge is 2.18. The van der Waals surface area contributed by atoms with E-state index in [9.17, 15) is 9.59 Å². The van der Waals surface area contributed by atoms with Crippen molar-refractivity contribution in [3.63, 3.8) is 0 Å². The normalized spacial score (nSPS) is 13.2. The molecular weight excluding hydrogens is 402 g/mol. The van der Waals surface area contributed by atoms with Crippen LogP contribution in [-0.2, 0) is 27.3 Å². The summed E-state index contributed by atoms with van der Waals surface area (Å²) in [7, 11) is 0. The highest BCUT2D eigenvalue weighted by Crippen LogP contribution is 2.32. The minimum Gasteiger partial charge on any atom is -0.454 e. The van der Waals surface area contributed by atoms with Gasteiger partial charge in [-0.1, -0.05) is 34.1 Å². The Bertz CT molecular complexity index is 806. The fraction of sp³-hybridized carbons (Fsp3) is 0.263. The molecule has 7 heteroatoms. The van der Waals surface area contributed by atoms with E-state index < -0.39 is 12.1 Å². The molecule has 26 heavy (non-hydrogen) atoms. The molecule has 0 spiro atoms. The molecule has 1 N–H and O–H groups in total. The van der Waals surface area contributed by atoms with Crippen molar-refractivity contribution < 1.29 is 23.8 Å². The molecule has 0 bridgehead atoms. The summed E-state index contributed by atoms with van der Waals surface area (Å²) in [6.07, 6.45) is -0.750. The lowest BCUT2D eigenvalue weighted by atomic mass is 10.1. The van der Waals surface area contributed by atoms with E-state index in [0.717, 1.165) is 15.6 Å². The molecule has 3 rings (SSSR count). The maximum Gasteiger partial charge on any atom is 0.311 e. The first-order chi connectivity index (χ1) is 12.5. The van der Waals surface area contributed by atoms with Crippen LogP contribution in [0.15, 0.2) is 46.9 Å². The molecule has 0 fully saturated rings. The van der Waals surface area contributed by atoms with Gasteiger partial charge in [-0.15, -0.1) is 0 Å². The van der Waals surface area contributed by atoms with Crippen LogP contribution in [0.4, 0.5) is 0 Å². The van der Waals surface area contributed by atoms with Crippen LogP contribution in [0.1, 0.15) is 18.1 Å². The minimum atomic E-state index is -0.869. The van der Waals surface area contributed by atoms with E-state index in [4.69, 9.17) is 14.2 Å². The average Bonchev–Trinajstić information content (AvgIpc) is 3.09. The van der Waals surface area contributed by atoms with E-state index in [1.807, 2.05) is 36.4 Å². The van der Waals surface area contributed by atoms with Gasteiger partial charge in [0.05, 0.1) is 6.42 Å². The minimum absolute atomic E-state index is 0.118. The molecular formula is C19H18BrNO5. The molecule has 0 saturated carbocycles. The Hall–Kier alpha value is -2.54. The molecule has 1 aliphatic rings. The second-order valence-corrected chi connectivity index (χ2v) is 6.76. The zero-order valence-corrected chi connectivity index (χ0v) is 15.7. The Morgan fingerprint density at radius 3 is 2.58 bits per heavy atom. The number of esters is 1. The lowest BCUT2D eigenvalue weighted by molar-refractivity contribution is -0.154. The number of hydrogen-bond acceptors (Lipinski definition) is 5. The molecule has 2 aromatic carbocycles. The van der Waals surface area contributed by atoms with E-state index in [1.165, 1.54) is 0 Å². The molecule has 6 nitrogen and oxygen atoms in total. The quantitative estimate of drug-likeness (QED) is 0.728. The van der Waals surface area contributed by atoms with Crippen molar-refractivity contribution in [2.75, 3.05) is 6.79 Å². The van der Waals surface area contributed by atoms with Gasteiger partial charge in [-0.2, -0.15) is 0 Å². The Kier molecular flexibility index (Phi) is 5.78. The largest absolute Gasteiger partial charge is 0.454 e. The van der Waals surface area contributed by atoms with Crippen LogP contribution >= 0.6 is 15.9 Å². The van der Waals surface area contributed by atoms with Crippen molar-refractivity contribution in [3.8, 4) is 11.5 Å². The number of rotatable bonds is 6. The second kappa shape index (κ2) is 8.23. The van der Waals surface area contributed by atoms with Gasteiger partial charge in [-0.05, 0) is 42.3 Å². The summed E-state index contributed by atoms with van der Waals surface area (Å²) in [5.74, 6) is 0.547. The molecule has 2 aromatic rings. The number of benzene rings is 2. The number of amides is 1. The monoisotopic (exact) mass is 419 g/mol. The third-order valence-corrected chi connectivity index (χ3v) is 4.37. The molecule has 0 aromatic heterocycles. The molecule has 136 valence electrons. The highest BCUT2D eigenvalue weighted by atomic mass is 79.9. The fourth-order valence-electron chi connectivity index (χ4n) is 2.45. The average molecular weight is 420 g/mol. The van der Waals surface area contributed by atoms with E-state index >= 15 is 0 Å². The van der Waals surface area contributed by atoms with Crippen LogP contribution in [0.25, 0.3) is 0 Å². The predicted octanol–water partition coefficient (Wildman–Crippen LogP) is 2.97. The second-order valence-electron chi connectivity index (χ2n) is 5.84. The highest BCUT2D eigenvalue weighted by molar-refractivity contribution is 9.10. The number of halogens is 1. The smallest absolute Gasteiger partial charge is 0.311 e. The predicted molar refractivity (Wildman–Crippen MR) is 97.8 cm³/mol. The van der Waals surface area contributed by atoms with Gasteiger partial charge in [-0.3, -0.25) is 9.59 Å². The summed E-state index contributed by atoms with van der Waals surface area (Å²) in [5.41, 5.74) is 1.70. The summed E-state index contributed by atoms with van der Waals surface area (Å²) in [6.45, 7) is 2.06. The molecule has 1 unspecified atom stereocenters. The zero-order chi connectivity index (χ0) is 18.5. The van der Waals surface area contributed by atoms with Crippen molar-refractivity contribution >= 4 is 27.8 Å². The topological polar surface area (TPSA) is 73.9 Å². The van der Waals surface area contributed by atoms with Crippen molar-refractivity contribution in [2.24, 2.45) is 0 Å². The Morgan fingerprint density at radius 1 is 1.12 bits per heavy atom. The molecule has 0 radical (unpaired) electrons. The van der Waals surface area contributed by atoms with Gasteiger partial charge in [-0.25, -0.2) is 0 Å². The first-order valence-corrected chi connectivity index (χ1v) is 8.91. The van der Waals surface area contributed by atoms with Crippen LogP contribution < -0.4 is 14.8 Å². The van der Waals surface area contributed by atoms with Crippen molar-refractivity contribution in [1.82, 2.24) is 5.32 Å². The molecule has 1 atom stereocenters. The Morgan fingerprint density at radius 2 is 1.81 bits per heavy atom. The number of carbonyl (C=O) groups is 2. The molecule has 1 aliphatic heterocycles. The SMILES string of the molecule is CC(OC(=O)Cc1ccc(Br)cc1)C(=O)NCc1ccc2c(c1)OCO2. The number of ether oxygens (including phenoxy) is 3. The first-order valence-electron chi connectivity index (χ1n) is 8.11. The van der Waals surface area contributed by atoms with E-state index in [-0.39, 0.29) is 19.1 Å². The van der Waals surface area contributed by atoms with Gasteiger partial charge in [0.1, 0.15) is 0 Å². The van der Waals surface area contributed by atoms with E-state index in [1.54, 1.807) is 13.0 Å². The van der Waals surface area contributed by atoms with Crippen LogP contribution in [0.2, 0.25) is 0 Å². The van der Waals surface area contributed by atoms with E-state index in [0.29, 0.717) is 18.0 Å². The standard InChI is InChI=1S/C19H18BrNO5/c1-12(26-18(22)9-13-2-5-15(20)6-3-13)19(23)21-10-14-4-7-16-17(8-14)25-11-24-16/h2-8,12H,9-11H2,1H3,(H,21,23). The van der Waals surface area contributed by atoms with Gasteiger partial charge in [0, 0.05) is 11.0 Å². The lowest BCUT2D eigenvalue weighted by Gasteiger charge is -2.14. The number of hydrogen-bond donors (Lipinski definition) is 1. The number of nitrogens with one attached hydrogen (secondary N) is 1. The fourth-order valence-corrected chi connectivity index (χ4v) is 2.71. The summed E-state index contributed by atoms with van der Waals surface area (Å²) >= 11 is 3.34.